The van der Waals surface area contributed by atoms with E-state index in [9.17, 15) is 27.6 Å². The van der Waals surface area contributed by atoms with Gasteiger partial charge in [-0.1, -0.05) is 41.4 Å². The highest BCUT2D eigenvalue weighted by Crippen LogP contribution is 2.36. The van der Waals surface area contributed by atoms with E-state index in [0.29, 0.717) is 36.9 Å². The number of guanidine groups is 1. The third-order valence-electron chi connectivity index (χ3n) is 9.24. The number of para-hydroxylation sites is 1. The van der Waals surface area contributed by atoms with Crippen LogP contribution in [0.4, 0.5) is 9.59 Å². The van der Waals surface area contributed by atoms with Gasteiger partial charge in [-0.05, 0) is 98.4 Å². The van der Waals surface area contributed by atoms with Crippen LogP contribution in [0.15, 0.2) is 52.4 Å². The number of nitrogens with zero attached hydrogens (tertiary/aromatic N) is 4. The second-order valence-electron chi connectivity index (χ2n) is 16.3. The Bertz CT molecular complexity index is 2180. The van der Waals surface area contributed by atoms with Crippen molar-refractivity contribution in [1.82, 2.24) is 30.1 Å². The number of piperidine rings is 1. The molecular formula is C40H51Cl2N7O9S. The number of nitrogens with one attached hydrogen (secondary N) is 3. The molecule has 0 saturated carbocycles. The standard InChI is InChI=1S/C40H51Cl2N7O9S/c1-24-13-14-25-10-8-12-30(34(25)44-24)56-23-27-28(41)15-16-31(33(27)42)59(54,55)49-19-9-11-29(49)35(51)45-26-17-20-48(21-18-26)32(50)22-43-36(46-37(52)57-39(2,3)4)47-38(53)58-40(5,6)7/h8,10,12-16,26,29H,9,11,17-23H2,1-7H3,(H,45,51)(H2,43,46,47,52,53)/t29-/m0/s1. The Morgan fingerprint density at radius 2 is 1.53 bits per heavy atom. The first-order valence-corrected chi connectivity index (χ1v) is 21.4. The zero-order valence-corrected chi connectivity index (χ0v) is 36.5. The van der Waals surface area contributed by atoms with Crippen LogP contribution in [-0.2, 0) is 35.7 Å². The normalized spacial score (nSPS) is 16.6. The van der Waals surface area contributed by atoms with Crippen LogP contribution in [0.5, 0.6) is 5.75 Å². The summed E-state index contributed by atoms with van der Waals surface area (Å²) in [4.78, 5) is 61.7. The number of ether oxygens (including phenoxy) is 3. The number of carbonyl (C=O) groups excluding carboxylic acids is 4. The van der Waals surface area contributed by atoms with Crippen molar-refractivity contribution in [2.45, 2.75) is 109 Å². The third-order valence-corrected chi connectivity index (χ3v) is 12.1. The summed E-state index contributed by atoms with van der Waals surface area (Å²) in [6.45, 7) is 12.0. The van der Waals surface area contributed by atoms with Gasteiger partial charge in [-0.15, -0.1) is 0 Å². The third kappa shape index (κ3) is 12.2. The van der Waals surface area contributed by atoms with Gasteiger partial charge >= 0.3 is 12.2 Å². The summed E-state index contributed by atoms with van der Waals surface area (Å²) < 4.78 is 46.0. The fraction of sp³-hybridized carbons (Fsp3) is 0.500. The number of alkyl carbamates (subject to hydrolysis) is 2. The maximum absolute atomic E-state index is 14.1. The van der Waals surface area contributed by atoms with Gasteiger partial charge in [0.2, 0.25) is 27.8 Å². The summed E-state index contributed by atoms with van der Waals surface area (Å²) in [5.74, 6) is -0.663. The van der Waals surface area contributed by atoms with Gasteiger partial charge in [-0.2, -0.15) is 4.31 Å². The number of amides is 4. The van der Waals surface area contributed by atoms with Crippen molar-refractivity contribution in [2.24, 2.45) is 4.99 Å². The van der Waals surface area contributed by atoms with Crippen molar-refractivity contribution in [3.63, 3.8) is 0 Å². The molecule has 16 nitrogen and oxygen atoms in total. The van der Waals surface area contributed by atoms with Crippen LogP contribution in [0, 0.1) is 6.92 Å². The molecule has 0 unspecified atom stereocenters. The lowest BCUT2D eigenvalue weighted by atomic mass is 10.0. The molecule has 2 saturated heterocycles. The van der Waals surface area contributed by atoms with E-state index >= 15 is 0 Å². The van der Waals surface area contributed by atoms with E-state index in [2.05, 4.69) is 25.9 Å². The van der Waals surface area contributed by atoms with Crippen LogP contribution >= 0.6 is 23.2 Å². The largest absolute Gasteiger partial charge is 0.487 e. The Balaban J connectivity index is 1.19. The Labute approximate surface area is 354 Å². The number of aryl methyl sites for hydroxylation is 1. The fourth-order valence-electron chi connectivity index (χ4n) is 6.54. The molecule has 2 aromatic carbocycles. The number of pyridine rings is 1. The summed E-state index contributed by atoms with van der Waals surface area (Å²) in [6.07, 6.45) is -0.197. The summed E-state index contributed by atoms with van der Waals surface area (Å²) >= 11 is 13.3. The second kappa shape index (κ2) is 18.7. The number of fused-ring (bicyclic) bond motifs is 1. The molecule has 4 amide bonds. The number of aliphatic imine (C=N–C) groups is 1. The molecule has 0 spiro atoms. The first-order valence-electron chi connectivity index (χ1n) is 19.2. The number of rotatable bonds is 9. The summed E-state index contributed by atoms with van der Waals surface area (Å²) in [5, 5.41) is 8.68. The molecule has 3 N–H and O–H groups in total. The topological polar surface area (TPSA) is 198 Å². The molecule has 19 heteroatoms. The molecule has 2 aliphatic heterocycles. The van der Waals surface area contributed by atoms with E-state index in [1.165, 1.54) is 16.4 Å². The average molecular weight is 877 g/mol. The van der Waals surface area contributed by atoms with Crippen molar-refractivity contribution < 1.29 is 41.8 Å². The fourth-order valence-corrected chi connectivity index (χ4v) is 9.06. The van der Waals surface area contributed by atoms with Crippen molar-refractivity contribution in [1.29, 1.82) is 0 Å². The maximum Gasteiger partial charge on any atom is 0.414 e. The number of carbonyl (C=O) groups is 4. The lowest BCUT2D eigenvalue weighted by molar-refractivity contribution is -0.131. The number of halogens is 2. The Morgan fingerprint density at radius 1 is 0.881 bits per heavy atom. The SMILES string of the molecule is Cc1ccc2cccc(OCc3c(Cl)ccc(S(=O)(=O)N4CCC[C@H]4C(=O)NC4CCN(C(=O)CN=C(NC(=O)OC(C)(C)C)NC(=O)OC(C)(C)C)CC4)c3Cl)c2n1. The predicted octanol–water partition coefficient (Wildman–Crippen LogP) is 6.09. The predicted molar refractivity (Wildman–Crippen MR) is 223 cm³/mol. The highest BCUT2D eigenvalue weighted by molar-refractivity contribution is 7.89. The van der Waals surface area contributed by atoms with E-state index in [-0.39, 0.29) is 64.7 Å². The van der Waals surface area contributed by atoms with Crippen molar-refractivity contribution in [3.8, 4) is 5.75 Å². The van der Waals surface area contributed by atoms with Gasteiger partial charge in [0.25, 0.3) is 0 Å². The maximum atomic E-state index is 14.1. The van der Waals surface area contributed by atoms with E-state index in [0.717, 1.165) is 11.1 Å². The molecular weight excluding hydrogens is 825 g/mol. The van der Waals surface area contributed by atoms with Gasteiger partial charge in [-0.3, -0.25) is 20.2 Å². The Kier molecular flexibility index (Phi) is 14.4. The first kappa shape index (κ1) is 45.4. The van der Waals surface area contributed by atoms with Crippen LogP contribution in [-0.4, -0.2) is 102 Å². The van der Waals surface area contributed by atoms with E-state index in [1.54, 1.807) is 52.5 Å². The quantitative estimate of drug-likeness (QED) is 0.167. The number of sulfonamides is 1. The number of hydrogen-bond acceptors (Lipinski definition) is 11. The van der Waals surface area contributed by atoms with Crippen molar-refractivity contribution in [2.75, 3.05) is 26.2 Å². The molecule has 320 valence electrons. The van der Waals surface area contributed by atoms with Gasteiger partial charge in [-0.25, -0.2) is 28.0 Å². The van der Waals surface area contributed by atoms with Crippen molar-refractivity contribution >= 4 is 74.1 Å². The van der Waals surface area contributed by atoms with Gasteiger partial charge in [0.1, 0.15) is 46.6 Å². The molecule has 5 rings (SSSR count). The molecule has 1 aromatic heterocycles. The number of likely N-dealkylation sites (tertiary alicyclic amines) is 1. The van der Waals surface area contributed by atoms with E-state index in [1.807, 2.05) is 31.2 Å². The van der Waals surface area contributed by atoms with Crippen LogP contribution in [0.25, 0.3) is 10.9 Å². The molecule has 2 aliphatic rings. The Morgan fingerprint density at radius 3 is 2.15 bits per heavy atom. The molecule has 0 aliphatic carbocycles. The molecule has 2 fully saturated rings. The van der Waals surface area contributed by atoms with Gasteiger partial charge < -0.3 is 24.4 Å². The highest BCUT2D eigenvalue weighted by atomic mass is 35.5. The molecule has 1 atom stereocenters. The highest BCUT2D eigenvalue weighted by Gasteiger charge is 2.41. The monoisotopic (exact) mass is 875 g/mol. The summed E-state index contributed by atoms with van der Waals surface area (Å²) in [5.41, 5.74) is 0.0714. The molecule has 3 heterocycles. The Hall–Kier alpha value is -4.71. The van der Waals surface area contributed by atoms with Crippen LogP contribution in [0.1, 0.15) is 78.5 Å². The molecule has 3 aromatic rings. The summed E-state index contributed by atoms with van der Waals surface area (Å²) in [7, 11) is -4.25. The number of hydrogen-bond donors (Lipinski definition) is 3. The zero-order valence-electron chi connectivity index (χ0n) is 34.2. The van der Waals surface area contributed by atoms with Crippen LogP contribution < -0.4 is 20.7 Å². The van der Waals surface area contributed by atoms with E-state index < -0.39 is 51.9 Å². The molecule has 59 heavy (non-hydrogen) atoms. The minimum atomic E-state index is -4.25. The number of aromatic nitrogens is 1. The second-order valence-corrected chi connectivity index (χ2v) is 18.9. The number of benzene rings is 2. The van der Waals surface area contributed by atoms with Gasteiger partial charge in [0.05, 0.1) is 5.02 Å². The lowest BCUT2D eigenvalue weighted by Crippen LogP contribution is -2.52. The minimum absolute atomic E-state index is 0.0947. The van der Waals surface area contributed by atoms with Crippen molar-refractivity contribution in [3.05, 3.63) is 63.8 Å². The lowest BCUT2D eigenvalue weighted by Gasteiger charge is -2.33. The van der Waals surface area contributed by atoms with Gasteiger partial charge in [0.15, 0.2) is 0 Å². The van der Waals surface area contributed by atoms with E-state index in [4.69, 9.17) is 37.4 Å². The summed E-state index contributed by atoms with van der Waals surface area (Å²) in [6, 6.07) is 10.8. The van der Waals surface area contributed by atoms with Crippen LogP contribution in [0.3, 0.4) is 0 Å². The minimum Gasteiger partial charge on any atom is -0.487 e. The van der Waals surface area contributed by atoms with Crippen LogP contribution in [0.2, 0.25) is 10.0 Å². The average Bonchev–Trinajstić information content (AvgIpc) is 3.64. The molecule has 0 radical (unpaired) electrons. The smallest absolute Gasteiger partial charge is 0.414 e. The first-order chi connectivity index (χ1) is 27.6. The zero-order chi connectivity index (χ0) is 43.3. The molecule has 0 bridgehead atoms. The van der Waals surface area contributed by atoms with Gasteiger partial charge in [0, 0.05) is 47.3 Å².